The number of sulfonamides is 1. The number of aliphatic hydroxyl groups excluding tert-OH is 1. The van der Waals surface area contributed by atoms with Gasteiger partial charge in [0, 0.05) is 11.6 Å². The molecule has 0 spiro atoms. The fourth-order valence-electron chi connectivity index (χ4n) is 2.59. The van der Waals surface area contributed by atoms with E-state index in [1.807, 2.05) is 0 Å². The molecule has 1 fully saturated rings. The van der Waals surface area contributed by atoms with Gasteiger partial charge in [-0.2, -0.15) is 0 Å². The van der Waals surface area contributed by atoms with E-state index in [2.05, 4.69) is 4.72 Å². The first-order valence-corrected chi connectivity index (χ1v) is 8.90. The minimum atomic E-state index is -3.48. The highest BCUT2D eigenvalue weighted by atomic mass is 35.5. The summed E-state index contributed by atoms with van der Waals surface area (Å²) in [5, 5.41) is 10.4. The summed E-state index contributed by atoms with van der Waals surface area (Å²) < 4.78 is 26.5. The molecule has 1 aromatic rings. The summed E-state index contributed by atoms with van der Waals surface area (Å²) in [5.41, 5.74) is 0.567. The summed E-state index contributed by atoms with van der Waals surface area (Å²) in [6.45, 7) is 0.0808. The van der Waals surface area contributed by atoms with E-state index in [4.69, 9.17) is 11.6 Å². The predicted octanol–water partition coefficient (Wildman–Crippen LogP) is 2.31. The summed E-state index contributed by atoms with van der Waals surface area (Å²) in [4.78, 5) is 0. The number of nitrogens with one attached hydrogen (secondary N) is 1. The van der Waals surface area contributed by atoms with Crippen LogP contribution in [-0.2, 0) is 15.8 Å². The largest absolute Gasteiger partial charge is 0.391 e. The minimum Gasteiger partial charge on any atom is -0.391 e. The lowest BCUT2D eigenvalue weighted by Crippen LogP contribution is -2.36. The molecule has 1 aliphatic rings. The second-order valence-electron chi connectivity index (χ2n) is 5.31. The second-order valence-corrected chi connectivity index (χ2v) is 7.52. The van der Waals surface area contributed by atoms with Crippen LogP contribution in [0.25, 0.3) is 0 Å². The van der Waals surface area contributed by atoms with Gasteiger partial charge in [0.05, 0.1) is 11.9 Å². The Morgan fingerprint density at radius 2 is 1.95 bits per heavy atom. The number of rotatable bonds is 6. The highest BCUT2D eigenvalue weighted by Gasteiger charge is 2.24. The van der Waals surface area contributed by atoms with Gasteiger partial charge in [0.2, 0.25) is 10.0 Å². The van der Waals surface area contributed by atoms with Gasteiger partial charge in [-0.05, 0) is 30.4 Å². The molecule has 0 aliphatic heterocycles. The molecule has 0 heterocycles. The standard InChI is InChI=1S/C14H20ClNO3S/c15-13-8-4-3-7-12(13)10-20(18,19)16-9-14(17)11-5-1-2-6-11/h3-4,7-8,11,14,16-17H,1-2,5-6,9-10H2. The Morgan fingerprint density at radius 1 is 1.30 bits per heavy atom. The van der Waals surface area contributed by atoms with Crippen LogP contribution in [0.3, 0.4) is 0 Å². The van der Waals surface area contributed by atoms with Crippen LogP contribution in [0.15, 0.2) is 24.3 Å². The minimum absolute atomic E-state index is 0.0808. The number of halogens is 1. The van der Waals surface area contributed by atoms with Crippen molar-refractivity contribution < 1.29 is 13.5 Å². The summed E-state index contributed by atoms with van der Waals surface area (Å²) >= 11 is 5.96. The van der Waals surface area contributed by atoms with Crippen molar-refractivity contribution in [3.05, 3.63) is 34.9 Å². The lowest BCUT2D eigenvalue weighted by molar-refractivity contribution is 0.115. The Hall–Kier alpha value is -0.620. The first-order chi connectivity index (χ1) is 9.48. The second kappa shape index (κ2) is 6.89. The van der Waals surface area contributed by atoms with Gasteiger partial charge in [-0.25, -0.2) is 13.1 Å². The fourth-order valence-corrected chi connectivity index (χ4v) is 4.06. The third-order valence-corrected chi connectivity index (χ3v) is 5.43. The predicted molar refractivity (Wildman–Crippen MR) is 80.0 cm³/mol. The van der Waals surface area contributed by atoms with Crippen LogP contribution < -0.4 is 4.72 Å². The molecule has 1 aliphatic carbocycles. The lowest BCUT2D eigenvalue weighted by atomic mass is 10.0. The van der Waals surface area contributed by atoms with Crippen LogP contribution in [0.2, 0.25) is 5.02 Å². The van der Waals surface area contributed by atoms with Crippen LogP contribution in [0.4, 0.5) is 0 Å². The highest BCUT2D eigenvalue weighted by molar-refractivity contribution is 7.88. The van der Waals surface area contributed by atoms with Crippen molar-refractivity contribution >= 4 is 21.6 Å². The maximum Gasteiger partial charge on any atom is 0.215 e. The van der Waals surface area contributed by atoms with E-state index in [-0.39, 0.29) is 18.2 Å². The number of aliphatic hydroxyl groups is 1. The van der Waals surface area contributed by atoms with Gasteiger partial charge in [0.25, 0.3) is 0 Å². The van der Waals surface area contributed by atoms with E-state index < -0.39 is 16.1 Å². The molecule has 0 bridgehead atoms. The van der Waals surface area contributed by atoms with Crippen molar-refractivity contribution in [3.8, 4) is 0 Å². The summed E-state index contributed by atoms with van der Waals surface area (Å²) in [5.74, 6) is 0.0577. The van der Waals surface area contributed by atoms with Crippen LogP contribution in [-0.4, -0.2) is 26.2 Å². The lowest BCUT2D eigenvalue weighted by Gasteiger charge is -2.18. The van der Waals surface area contributed by atoms with Crippen molar-refractivity contribution in [2.24, 2.45) is 5.92 Å². The van der Waals surface area contributed by atoms with Crippen LogP contribution in [0, 0.1) is 5.92 Å². The molecule has 0 amide bonds. The van der Waals surface area contributed by atoms with Gasteiger partial charge in [0.1, 0.15) is 0 Å². The fraction of sp³-hybridized carbons (Fsp3) is 0.571. The number of hydrogen-bond acceptors (Lipinski definition) is 3. The normalized spacial score (nSPS) is 18.3. The zero-order valence-electron chi connectivity index (χ0n) is 11.3. The Morgan fingerprint density at radius 3 is 2.60 bits per heavy atom. The van der Waals surface area contributed by atoms with E-state index in [1.54, 1.807) is 24.3 Å². The summed E-state index contributed by atoms with van der Waals surface area (Å²) in [6, 6.07) is 6.87. The molecule has 112 valence electrons. The Bertz CT molecular complexity index is 541. The quantitative estimate of drug-likeness (QED) is 0.846. The first-order valence-electron chi connectivity index (χ1n) is 6.87. The van der Waals surface area contributed by atoms with E-state index in [9.17, 15) is 13.5 Å². The van der Waals surface area contributed by atoms with Gasteiger partial charge in [-0.3, -0.25) is 0 Å². The Kier molecular flexibility index (Phi) is 5.43. The van der Waals surface area contributed by atoms with Crippen molar-refractivity contribution in [2.45, 2.75) is 37.5 Å². The molecule has 20 heavy (non-hydrogen) atoms. The maximum absolute atomic E-state index is 12.0. The molecule has 2 N–H and O–H groups in total. The number of hydrogen-bond donors (Lipinski definition) is 2. The van der Waals surface area contributed by atoms with Gasteiger partial charge >= 0.3 is 0 Å². The number of benzene rings is 1. The molecule has 2 rings (SSSR count). The molecule has 1 saturated carbocycles. The zero-order chi connectivity index (χ0) is 14.6. The molecule has 1 aromatic carbocycles. The maximum atomic E-state index is 12.0. The monoisotopic (exact) mass is 317 g/mol. The molecule has 0 saturated heterocycles. The van der Waals surface area contributed by atoms with Crippen LogP contribution in [0.5, 0.6) is 0 Å². The first kappa shape index (κ1) is 15.8. The molecular formula is C14H20ClNO3S. The van der Waals surface area contributed by atoms with Crippen LogP contribution >= 0.6 is 11.6 Å². The SMILES string of the molecule is O=S(=O)(Cc1ccccc1Cl)NCC(O)C1CCCC1. The summed E-state index contributed by atoms with van der Waals surface area (Å²) in [6.07, 6.45) is 3.60. The smallest absolute Gasteiger partial charge is 0.215 e. The van der Waals surface area contributed by atoms with Crippen molar-refractivity contribution in [1.29, 1.82) is 0 Å². The Labute approximate surface area is 125 Å². The summed E-state index contributed by atoms with van der Waals surface area (Å²) in [7, 11) is -3.48. The van der Waals surface area contributed by atoms with Crippen LogP contribution in [0.1, 0.15) is 31.2 Å². The molecular weight excluding hydrogens is 298 g/mol. The topological polar surface area (TPSA) is 66.4 Å². The molecule has 0 radical (unpaired) electrons. The molecule has 6 heteroatoms. The zero-order valence-corrected chi connectivity index (χ0v) is 12.8. The molecule has 4 nitrogen and oxygen atoms in total. The average Bonchev–Trinajstić information content (AvgIpc) is 2.93. The Balaban J connectivity index is 1.89. The highest BCUT2D eigenvalue weighted by Crippen LogP contribution is 2.27. The van der Waals surface area contributed by atoms with Crippen molar-refractivity contribution in [1.82, 2.24) is 4.72 Å². The average molecular weight is 318 g/mol. The van der Waals surface area contributed by atoms with Gasteiger partial charge in [0.15, 0.2) is 0 Å². The van der Waals surface area contributed by atoms with Gasteiger partial charge < -0.3 is 5.11 Å². The third kappa shape index (κ3) is 4.45. The van der Waals surface area contributed by atoms with E-state index in [0.29, 0.717) is 10.6 Å². The van der Waals surface area contributed by atoms with Gasteiger partial charge in [-0.15, -0.1) is 0 Å². The molecule has 1 atom stereocenters. The van der Waals surface area contributed by atoms with E-state index in [1.165, 1.54) is 0 Å². The molecule has 1 unspecified atom stereocenters. The van der Waals surface area contributed by atoms with E-state index >= 15 is 0 Å². The van der Waals surface area contributed by atoms with Crippen molar-refractivity contribution in [2.75, 3.05) is 6.54 Å². The van der Waals surface area contributed by atoms with E-state index in [0.717, 1.165) is 25.7 Å². The van der Waals surface area contributed by atoms with Crippen molar-refractivity contribution in [3.63, 3.8) is 0 Å². The molecule has 0 aromatic heterocycles. The van der Waals surface area contributed by atoms with Gasteiger partial charge in [-0.1, -0.05) is 42.6 Å². The third-order valence-electron chi connectivity index (χ3n) is 3.76.